The molecule has 6 nitrogen and oxygen atoms in total. The average Bonchev–Trinajstić information content (AvgIpc) is 2.72. The molecule has 0 spiro atoms. The summed E-state index contributed by atoms with van der Waals surface area (Å²) in [6.07, 6.45) is 0. The van der Waals surface area contributed by atoms with Crippen molar-refractivity contribution in [2.24, 2.45) is 0 Å². The summed E-state index contributed by atoms with van der Waals surface area (Å²) in [5.41, 5.74) is 5.47. The molecular weight excluding hydrogens is 200 g/mol. The summed E-state index contributed by atoms with van der Waals surface area (Å²) in [4.78, 5) is 4.16. The molecular formula is C7H10N6S. The van der Waals surface area contributed by atoms with Crippen LogP contribution in [0, 0.1) is 6.92 Å². The lowest BCUT2D eigenvalue weighted by Crippen LogP contribution is -1.99. The van der Waals surface area contributed by atoms with E-state index in [1.165, 1.54) is 11.5 Å². The minimum Gasteiger partial charge on any atom is -0.383 e. The Kier molecular flexibility index (Phi) is 2.32. The largest absolute Gasteiger partial charge is 0.383 e. The fourth-order valence-electron chi connectivity index (χ4n) is 1.01. The molecule has 2 aromatic rings. The summed E-state index contributed by atoms with van der Waals surface area (Å²) < 4.78 is 3.94. The zero-order valence-corrected chi connectivity index (χ0v) is 8.43. The lowest BCUT2D eigenvalue weighted by Gasteiger charge is -1.96. The summed E-state index contributed by atoms with van der Waals surface area (Å²) in [6.45, 7) is 2.44. The van der Waals surface area contributed by atoms with Crippen molar-refractivity contribution in [3.8, 4) is 0 Å². The lowest BCUT2D eigenvalue weighted by molar-refractivity contribution is 0.956. The van der Waals surface area contributed by atoms with E-state index in [4.69, 9.17) is 5.73 Å². The Morgan fingerprint density at radius 1 is 1.64 bits per heavy atom. The van der Waals surface area contributed by atoms with Crippen LogP contribution in [-0.2, 0) is 6.54 Å². The molecule has 0 aromatic carbocycles. The van der Waals surface area contributed by atoms with Crippen molar-refractivity contribution in [2.75, 3.05) is 11.1 Å². The Hall–Kier alpha value is -1.63. The van der Waals surface area contributed by atoms with Gasteiger partial charge in [-0.15, -0.1) is 0 Å². The third-order valence-electron chi connectivity index (χ3n) is 1.59. The van der Waals surface area contributed by atoms with Crippen molar-refractivity contribution in [3.63, 3.8) is 0 Å². The van der Waals surface area contributed by atoms with Gasteiger partial charge in [0.05, 0.1) is 6.54 Å². The highest BCUT2D eigenvalue weighted by atomic mass is 32.1. The van der Waals surface area contributed by atoms with E-state index < -0.39 is 0 Å². The fourth-order valence-corrected chi connectivity index (χ4v) is 1.57. The molecule has 0 aliphatic heterocycles. The second kappa shape index (κ2) is 3.62. The standard InChI is InChI=1S/C7H10N6S/c1-4-10-6(12-11-4)3-9-7-2-5(8)13-14-7/h2,9H,3H2,1H3,(H2,8,13)(H,10,11,12). The van der Waals surface area contributed by atoms with Gasteiger partial charge in [0.2, 0.25) is 0 Å². The molecule has 0 radical (unpaired) electrons. The number of aromatic amines is 1. The van der Waals surface area contributed by atoms with Crippen LogP contribution in [0.15, 0.2) is 6.07 Å². The molecule has 0 fully saturated rings. The molecule has 0 saturated heterocycles. The highest BCUT2D eigenvalue weighted by molar-refractivity contribution is 7.10. The highest BCUT2D eigenvalue weighted by Gasteiger charge is 2.01. The predicted octanol–water partition coefficient (Wildman–Crippen LogP) is 0.764. The second-order valence-corrected chi connectivity index (χ2v) is 3.61. The van der Waals surface area contributed by atoms with Crippen LogP contribution in [-0.4, -0.2) is 19.6 Å². The van der Waals surface area contributed by atoms with E-state index in [2.05, 4.69) is 24.9 Å². The molecule has 2 rings (SSSR count). The number of anilines is 2. The van der Waals surface area contributed by atoms with E-state index in [0.717, 1.165) is 16.6 Å². The van der Waals surface area contributed by atoms with Crippen LogP contribution in [0.1, 0.15) is 11.6 Å². The molecule has 4 N–H and O–H groups in total. The molecule has 74 valence electrons. The first-order chi connectivity index (χ1) is 6.74. The second-order valence-electron chi connectivity index (χ2n) is 2.81. The van der Waals surface area contributed by atoms with Gasteiger partial charge in [0.1, 0.15) is 16.6 Å². The smallest absolute Gasteiger partial charge is 0.169 e. The van der Waals surface area contributed by atoms with E-state index in [1.807, 2.05) is 6.92 Å². The van der Waals surface area contributed by atoms with Crippen LogP contribution in [0.25, 0.3) is 0 Å². The number of hydrogen-bond acceptors (Lipinski definition) is 6. The number of H-pyrrole nitrogens is 1. The van der Waals surface area contributed by atoms with Gasteiger partial charge in [0.15, 0.2) is 5.82 Å². The number of hydrogen-bond donors (Lipinski definition) is 3. The minimum atomic E-state index is 0.531. The van der Waals surface area contributed by atoms with Crippen molar-refractivity contribution in [1.29, 1.82) is 0 Å². The SMILES string of the molecule is Cc1nc(CNc2cc(N)ns2)n[nH]1. The van der Waals surface area contributed by atoms with Crippen molar-refractivity contribution < 1.29 is 0 Å². The van der Waals surface area contributed by atoms with E-state index in [-0.39, 0.29) is 0 Å². The molecule has 7 heteroatoms. The highest BCUT2D eigenvalue weighted by Crippen LogP contribution is 2.17. The van der Waals surface area contributed by atoms with Gasteiger partial charge in [-0.2, -0.15) is 9.47 Å². The van der Waals surface area contributed by atoms with Gasteiger partial charge in [-0.05, 0) is 18.5 Å². The number of aromatic nitrogens is 4. The predicted molar refractivity (Wildman–Crippen MR) is 55.0 cm³/mol. The summed E-state index contributed by atoms with van der Waals surface area (Å²) in [5.74, 6) is 2.07. The van der Waals surface area contributed by atoms with E-state index >= 15 is 0 Å². The normalized spacial score (nSPS) is 10.4. The third kappa shape index (κ3) is 1.99. The van der Waals surface area contributed by atoms with Gasteiger partial charge in [-0.25, -0.2) is 4.98 Å². The van der Waals surface area contributed by atoms with E-state index in [1.54, 1.807) is 6.07 Å². The van der Waals surface area contributed by atoms with Gasteiger partial charge >= 0.3 is 0 Å². The summed E-state index contributed by atoms with van der Waals surface area (Å²) >= 11 is 1.32. The molecule has 0 unspecified atom stereocenters. The maximum Gasteiger partial charge on any atom is 0.169 e. The number of aryl methyl sites for hydroxylation is 1. The van der Waals surface area contributed by atoms with Crippen LogP contribution in [0.3, 0.4) is 0 Å². The molecule has 0 bridgehead atoms. The number of nitrogens with one attached hydrogen (secondary N) is 2. The summed E-state index contributed by atoms with van der Waals surface area (Å²) in [5, 5.41) is 10.8. The quantitative estimate of drug-likeness (QED) is 0.695. The first-order valence-corrected chi connectivity index (χ1v) is 4.85. The molecule has 0 saturated carbocycles. The Bertz CT molecular complexity index is 379. The first-order valence-electron chi connectivity index (χ1n) is 4.08. The molecule has 14 heavy (non-hydrogen) atoms. The van der Waals surface area contributed by atoms with Gasteiger partial charge in [-0.1, -0.05) is 0 Å². The number of nitrogens with zero attached hydrogens (tertiary/aromatic N) is 3. The Morgan fingerprint density at radius 3 is 3.07 bits per heavy atom. The van der Waals surface area contributed by atoms with E-state index in [0.29, 0.717) is 12.4 Å². The molecule has 2 heterocycles. The molecule has 0 aliphatic carbocycles. The topological polar surface area (TPSA) is 92.5 Å². The fraction of sp³-hybridized carbons (Fsp3) is 0.286. The van der Waals surface area contributed by atoms with Crippen LogP contribution >= 0.6 is 11.5 Å². The van der Waals surface area contributed by atoms with Crippen molar-refractivity contribution in [1.82, 2.24) is 19.6 Å². The summed E-state index contributed by atoms with van der Waals surface area (Å²) in [6, 6.07) is 1.78. The maximum absolute atomic E-state index is 5.47. The number of rotatable bonds is 3. The lowest BCUT2D eigenvalue weighted by atomic mass is 10.5. The minimum absolute atomic E-state index is 0.531. The van der Waals surface area contributed by atoms with Crippen molar-refractivity contribution in [3.05, 3.63) is 17.7 Å². The van der Waals surface area contributed by atoms with E-state index in [9.17, 15) is 0 Å². The maximum atomic E-state index is 5.47. The Balaban J connectivity index is 1.94. The first kappa shape index (κ1) is 8.95. The molecule has 0 amide bonds. The zero-order chi connectivity index (χ0) is 9.97. The number of nitrogen functional groups attached to an aromatic ring is 1. The third-order valence-corrected chi connectivity index (χ3v) is 2.35. The average molecular weight is 210 g/mol. The Labute approximate surface area is 84.7 Å². The van der Waals surface area contributed by atoms with Gasteiger partial charge in [0.25, 0.3) is 0 Å². The van der Waals surface area contributed by atoms with Crippen molar-refractivity contribution >= 4 is 22.4 Å². The van der Waals surface area contributed by atoms with Crippen LogP contribution in [0.5, 0.6) is 0 Å². The summed E-state index contributed by atoms with van der Waals surface area (Å²) in [7, 11) is 0. The Morgan fingerprint density at radius 2 is 2.50 bits per heavy atom. The molecule has 0 aliphatic rings. The number of nitrogens with two attached hydrogens (primary N) is 1. The van der Waals surface area contributed by atoms with Crippen LogP contribution in [0.2, 0.25) is 0 Å². The molecule has 0 atom stereocenters. The van der Waals surface area contributed by atoms with Crippen LogP contribution < -0.4 is 11.1 Å². The van der Waals surface area contributed by atoms with Crippen molar-refractivity contribution in [2.45, 2.75) is 13.5 Å². The van der Waals surface area contributed by atoms with Gasteiger partial charge in [0, 0.05) is 6.07 Å². The van der Waals surface area contributed by atoms with Gasteiger partial charge in [-0.3, -0.25) is 5.10 Å². The molecule has 2 aromatic heterocycles. The zero-order valence-electron chi connectivity index (χ0n) is 7.61. The van der Waals surface area contributed by atoms with Crippen LogP contribution in [0.4, 0.5) is 10.8 Å². The van der Waals surface area contributed by atoms with Gasteiger partial charge < -0.3 is 11.1 Å². The monoisotopic (exact) mass is 210 g/mol.